The van der Waals surface area contributed by atoms with E-state index in [2.05, 4.69) is 22.3 Å². The molecular formula is C20H34N4O6. The third-order valence-corrected chi connectivity index (χ3v) is 4.46. The monoisotopic (exact) mass is 426 g/mol. The van der Waals surface area contributed by atoms with E-state index in [9.17, 15) is 9.90 Å². The number of carbonyl (C=O) groups is 3. The Morgan fingerprint density at radius 1 is 1.10 bits per heavy atom. The molecule has 0 radical (unpaired) electrons. The molecule has 1 saturated heterocycles. The van der Waals surface area contributed by atoms with E-state index >= 15 is 0 Å². The number of carbonyl (C=O) groups excluding carboxylic acids is 1. The Morgan fingerprint density at radius 3 is 2.03 bits per heavy atom. The SMILES string of the molecule is CN(C)Cc1ccc(CNC(=O)N2CC[C@H](N(C)C)[C@@H](O)C2)cc1.O=CO.O=CO. The number of rotatable bonds is 5. The van der Waals surface area contributed by atoms with Crippen LogP contribution in [0.1, 0.15) is 17.5 Å². The molecule has 1 aromatic rings. The summed E-state index contributed by atoms with van der Waals surface area (Å²) in [6.45, 7) is 1.97. The van der Waals surface area contributed by atoms with Crippen molar-refractivity contribution in [2.75, 3.05) is 41.3 Å². The second-order valence-electron chi connectivity index (χ2n) is 7.26. The van der Waals surface area contributed by atoms with E-state index in [1.807, 2.05) is 45.2 Å². The fourth-order valence-electron chi connectivity index (χ4n) is 3.12. The number of nitrogens with zero attached hydrogens (tertiary/aromatic N) is 3. The summed E-state index contributed by atoms with van der Waals surface area (Å²) in [5.74, 6) is 0. The molecule has 0 unspecified atom stereocenters. The molecular weight excluding hydrogens is 392 g/mol. The number of aliphatic hydroxyl groups is 1. The van der Waals surface area contributed by atoms with Crippen LogP contribution in [0.3, 0.4) is 0 Å². The van der Waals surface area contributed by atoms with Crippen molar-refractivity contribution in [3.05, 3.63) is 35.4 Å². The van der Waals surface area contributed by atoms with Crippen LogP contribution in [0.5, 0.6) is 0 Å². The van der Waals surface area contributed by atoms with Crippen molar-refractivity contribution in [3.8, 4) is 0 Å². The highest BCUT2D eigenvalue weighted by molar-refractivity contribution is 5.74. The molecule has 0 saturated carbocycles. The molecule has 1 heterocycles. The van der Waals surface area contributed by atoms with Gasteiger partial charge in [-0.3, -0.25) is 9.59 Å². The first-order valence-electron chi connectivity index (χ1n) is 9.45. The third kappa shape index (κ3) is 10.7. The van der Waals surface area contributed by atoms with Gasteiger partial charge in [-0.1, -0.05) is 24.3 Å². The lowest BCUT2D eigenvalue weighted by Gasteiger charge is -2.38. The van der Waals surface area contributed by atoms with Crippen LogP contribution in [-0.2, 0) is 22.7 Å². The molecule has 1 aromatic carbocycles. The Balaban J connectivity index is 0.00000125. The van der Waals surface area contributed by atoms with Gasteiger partial charge in [0.25, 0.3) is 12.9 Å². The maximum atomic E-state index is 12.3. The summed E-state index contributed by atoms with van der Waals surface area (Å²) >= 11 is 0. The Bertz CT molecular complexity index is 618. The first-order chi connectivity index (χ1) is 14.2. The van der Waals surface area contributed by atoms with E-state index in [0.29, 0.717) is 19.6 Å². The van der Waals surface area contributed by atoms with Gasteiger partial charge in [0.05, 0.1) is 6.10 Å². The van der Waals surface area contributed by atoms with Crippen molar-refractivity contribution in [3.63, 3.8) is 0 Å². The summed E-state index contributed by atoms with van der Waals surface area (Å²) in [6, 6.07) is 8.29. The smallest absolute Gasteiger partial charge is 0.317 e. The zero-order valence-corrected chi connectivity index (χ0v) is 18.1. The highest BCUT2D eigenvalue weighted by atomic mass is 16.3. The van der Waals surface area contributed by atoms with E-state index < -0.39 is 6.10 Å². The van der Waals surface area contributed by atoms with Gasteiger partial charge in [-0.05, 0) is 45.7 Å². The van der Waals surface area contributed by atoms with Crippen molar-refractivity contribution in [2.24, 2.45) is 0 Å². The van der Waals surface area contributed by atoms with E-state index in [1.54, 1.807) is 4.90 Å². The van der Waals surface area contributed by atoms with Gasteiger partial charge in [-0.2, -0.15) is 0 Å². The zero-order chi connectivity index (χ0) is 23.1. The van der Waals surface area contributed by atoms with Crippen LogP contribution in [0.15, 0.2) is 24.3 Å². The number of likely N-dealkylation sites (N-methyl/N-ethyl adjacent to an activating group) is 1. The molecule has 30 heavy (non-hydrogen) atoms. The van der Waals surface area contributed by atoms with E-state index in [4.69, 9.17) is 19.8 Å². The van der Waals surface area contributed by atoms with Gasteiger partial charge in [-0.15, -0.1) is 0 Å². The first kappa shape index (κ1) is 27.3. The summed E-state index contributed by atoms with van der Waals surface area (Å²) in [5, 5.41) is 26.9. The maximum Gasteiger partial charge on any atom is 0.317 e. The van der Waals surface area contributed by atoms with E-state index in [-0.39, 0.29) is 25.0 Å². The number of aliphatic hydroxyl groups excluding tert-OH is 1. The first-order valence-corrected chi connectivity index (χ1v) is 9.45. The molecule has 0 spiro atoms. The second kappa shape index (κ2) is 15.2. The Kier molecular flexibility index (Phi) is 13.8. The number of urea groups is 1. The molecule has 2 amide bonds. The number of benzene rings is 1. The van der Waals surface area contributed by atoms with Gasteiger partial charge in [0.2, 0.25) is 0 Å². The number of β-amino-alcohol motifs (C(OH)–C–C–N with tert-alkyl or cyclic N) is 1. The number of likely N-dealkylation sites (tertiary alicyclic amines) is 1. The van der Waals surface area contributed by atoms with Crippen LogP contribution in [0.25, 0.3) is 0 Å². The lowest BCUT2D eigenvalue weighted by molar-refractivity contribution is -0.123. The molecule has 0 aromatic heterocycles. The number of piperidine rings is 1. The number of hydrogen-bond acceptors (Lipinski definition) is 6. The van der Waals surface area contributed by atoms with Gasteiger partial charge in [0, 0.05) is 32.2 Å². The van der Waals surface area contributed by atoms with Crippen LogP contribution in [0.4, 0.5) is 4.79 Å². The molecule has 10 nitrogen and oxygen atoms in total. The number of nitrogens with one attached hydrogen (secondary N) is 1. The Morgan fingerprint density at radius 2 is 1.60 bits per heavy atom. The van der Waals surface area contributed by atoms with Gasteiger partial charge in [0.1, 0.15) is 0 Å². The predicted octanol–water partition coefficient (Wildman–Crippen LogP) is 0.356. The lowest BCUT2D eigenvalue weighted by Crippen LogP contribution is -2.55. The maximum absolute atomic E-state index is 12.3. The average molecular weight is 427 g/mol. The summed E-state index contributed by atoms with van der Waals surface area (Å²) in [6.07, 6.45) is 0.297. The van der Waals surface area contributed by atoms with Gasteiger partial charge >= 0.3 is 6.03 Å². The topological polar surface area (TPSA) is 134 Å². The average Bonchev–Trinajstić information content (AvgIpc) is 2.67. The summed E-state index contributed by atoms with van der Waals surface area (Å²) < 4.78 is 0. The molecule has 0 aliphatic carbocycles. The van der Waals surface area contributed by atoms with E-state index in [0.717, 1.165) is 18.5 Å². The number of amides is 2. The molecule has 4 N–H and O–H groups in total. The van der Waals surface area contributed by atoms with Crippen molar-refractivity contribution >= 4 is 19.0 Å². The third-order valence-electron chi connectivity index (χ3n) is 4.46. The van der Waals surface area contributed by atoms with Gasteiger partial charge in [0.15, 0.2) is 0 Å². The fraction of sp³-hybridized carbons (Fsp3) is 0.550. The van der Waals surface area contributed by atoms with Crippen LogP contribution >= 0.6 is 0 Å². The van der Waals surface area contributed by atoms with Crippen molar-refractivity contribution in [1.82, 2.24) is 20.0 Å². The molecule has 10 heteroatoms. The van der Waals surface area contributed by atoms with Crippen molar-refractivity contribution in [1.29, 1.82) is 0 Å². The van der Waals surface area contributed by atoms with Crippen molar-refractivity contribution in [2.45, 2.75) is 31.7 Å². The second-order valence-corrected chi connectivity index (χ2v) is 7.26. The number of carboxylic acid groups (broad SMARTS) is 2. The minimum atomic E-state index is -0.496. The molecule has 1 aliphatic rings. The lowest BCUT2D eigenvalue weighted by atomic mass is 10.0. The Labute approximate surface area is 177 Å². The largest absolute Gasteiger partial charge is 0.483 e. The quantitative estimate of drug-likeness (QED) is 0.496. The summed E-state index contributed by atoms with van der Waals surface area (Å²) in [7, 11) is 8.01. The summed E-state index contributed by atoms with van der Waals surface area (Å²) in [5.41, 5.74) is 2.33. The fourth-order valence-corrected chi connectivity index (χ4v) is 3.12. The predicted molar refractivity (Wildman–Crippen MR) is 113 cm³/mol. The standard InChI is InChI=1S/C18H30N4O2.2CH2O2/c1-20(2)12-15-7-5-14(6-8-15)11-19-18(24)22-10-9-16(21(3)4)17(23)13-22;2*2-1-3/h5-8,16-17,23H,9-13H2,1-4H3,(H,19,24);2*1H,(H,2,3)/t16-,17-;;/m0../s1. The molecule has 2 rings (SSSR count). The zero-order valence-electron chi connectivity index (χ0n) is 18.1. The summed E-state index contributed by atoms with van der Waals surface area (Å²) in [4.78, 5) is 34.9. The molecule has 170 valence electrons. The van der Waals surface area contributed by atoms with Crippen molar-refractivity contribution < 1.29 is 29.7 Å². The highest BCUT2D eigenvalue weighted by Crippen LogP contribution is 2.15. The number of hydrogen-bond donors (Lipinski definition) is 4. The minimum absolute atomic E-state index is 0.108. The van der Waals surface area contributed by atoms with Crippen LogP contribution < -0.4 is 5.32 Å². The highest BCUT2D eigenvalue weighted by Gasteiger charge is 2.31. The van der Waals surface area contributed by atoms with Crippen LogP contribution in [0, 0.1) is 0 Å². The van der Waals surface area contributed by atoms with E-state index in [1.165, 1.54) is 5.56 Å². The van der Waals surface area contributed by atoms with Gasteiger partial charge in [-0.25, -0.2) is 4.79 Å². The van der Waals surface area contributed by atoms with Crippen LogP contribution in [-0.4, -0.2) is 102 Å². The molecule has 1 aliphatic heterocycles. The molecule has 1 fully saturated rings. The molecule has 2 atom stereocenters. The Hall–Kier alpha value is -2.69. The minimum Gasteiger partial charge on any atom is -0.483 e. The molecule has 0 bridgehead atoms. The van der Waals surface area contributed by atoms with Crippen LogP contribution in [0.2, 0.25) is 0 Å². The van der Waals surface area contributed by atoms with Gasteiger partial charge < -0.3 is 35.3 Å². The normalized spacial score (nSPS) is 17.9.